The van der Waals surface area contributed by atoms with Gasteiger partial charge in [-0.1, -0.05) is 6.92 Å². The van der Waals surface area contributed by atoms with Crippen molar-refractivity contribution in [3.63, 3.8) is 0 Å². The van der Waals surface area contributed by atoms with Crippen LogP contribution in [-0.4, -0.2) is 28.1 Å². The monoisotopic (exact) mass is 257 g/mol. The zero-order valence-corrected chi connectivity index (χ0v) is 11.5. The number of aromatic nitrogens is 2. The maximum absolute atomic E-state index is 11.8. The number of anilines is 1. The van der Waals surface area contributed by atoms with Gasteiger partial charge in [0, 0.05) is 6.04 Å². The first-order chi connectivity index (χ1) is 8.02. The molecule has 0 aliphatic carbocycles. The van der Waals surface area contributed by atoms with E-state index in [0.29, 0.717) is 23.0 Å². The summed E-state index contributed by atoms with van der Waals surface area (Å²) >= 11 is 1.50. The van der Waals surface area contributed by atoms with Gasteiger partial charge in [0.1, 0.15) is 16.4 Å². The van der Waals surface area contributed by atoms with E-state index in [9.17, 15) is 4.79 Å². The quantitative estimate of drug-likeness (QED) is 0.647. The lowest BCUT2D eigenvalue weighted by Gasteiger charge is -2.07. The van der Waals surface area contributed by atoms with E-state index in [1.807, 2.05) is 20.8 Å². The third-order valence-electron chi connectivity index (χ3n) is 2.17. The SMILES string of the molecule is CCOC(=O)c1c(SCC)nn(C(C)C)c1N. The topological polar surface area (TPSA) is 70.1 Å². The summed E-state index contributed by atoms with van der Waals surface area (Å²) in [5, 5.41) is 5.01. The van der Waals surface area contributed by atoms with Gasteiger partial charge in [-0.15, -0.1) is 11.8 Å². The van der Waals surface area contributed by atoms with E-state index in [1.54, 1.807) is 11.6 Å². The van der Waals surface area contributed by atoms with Gasteiger partial charge in [-0.3, -0.25) is 0 Å². The van der Waals surface area contributed by atoms with Crippen molar-refractivity contribution in [2.24, 2.45) is 0 Å². The maximum Gasteiger partial charge on any atom is 0.344 e. The zero-order chi connectivity index (χ0) is 13.0. The maximum atomic E-state index is 11.8. The highest BCUT2D eigenvalue weighted by atomic mass is 32.2. The van der Waals surface area contributed by atoms with Crippen molar-refractivity contribution < 1.29 is 9.53 Å². The van der Waals surface area contributed by atoms with Gasteiger partial charge in [0.2, 0.25) is 0 Å². The lowest BCUT2D eigenvalue weighted by atomic mass is 10.3. The molecule has 0 aliphatic rings. The summed E-state index contributed by atoms with van der Waals surface area (Å²) in [6, 6.07) is 0.120. The minimum Gasteiger partial charge on any atom is -0.462 e. The van der Waals surface area contributed by atoms with Crippen molar-refractivity contribution in [2.45, 2.75) is 38.8 Å². The molecule has 0 fully saturated rings. The fourth-order valence-electron chi connectivity index (χ4n) is 1.45. The Kier molecular flexibility index (Phi) is 4.86. The number of nitrogens with two attached hydrogens (primary N) is 1. The normalized spacial score (nSPS) is 10.9. The van der Waals surface area contributed by atoms with Crippen LogP contribution in [0.5, 0.6) is 0 Å². The molecule has 1 rings (SSSR count). The molecule has 5 nitrogen and oxygen atoms in total. The highest BCUT2D eigenvalue weighted by molar-refractivity contribution is 7.99. The van der Waals surface area contributed by atoms with E-state index >= 15 is 0 Å². The van der Waals surface area contributed by atoms with Crippen LogP contribution in [0, 0.1) is 0 Å². The minimum absolute atomic E-state index is 0.120. The molecule has 0 aromatic carbocycles. The van der Waals surface area contributed by atoms with Gasteiger partial charge >= 0.3 is 5.97 Å². The Labute approximate surface area is 106 Å². The average molecular weight is 257 g/mol. The van der Waals surface area contributed by atoms with Gasteiger partial charge < -0.3 is 10.5 Å². The Balaban J connectivity index is 3.19. The van der Waals surface area contributed by atoms with E-state index in [0.717, 1.165) is 5.75 Å². The van der Waals surface area contributed by atoms with E-state index < -0.39 is 5.97 Å². The smallest absolute Gasteiger partial charge is 0.344 e. The van der Waals surface area contributed by atoms with Crippen LogP contribution < -0.4 is 5.73 Å². The van der Waals surface area contributed by atoms with E-state index in [4.69, 9.17) is 10.5 Å². The van der Waals surface area contributed by atoms with Gasteiger partial charge in [-0.25, -0.2) is 9.48 Å². The summed E-state index contributed by atoms with van der Waals surface area (Å²) in [6.07, 6.45) is 0. The molecule has 0 radical (unpaired) electrons. The Morgan fingerprint density at radius 1 is 1.53 bits per heavy atom. The molecule has 0 spiro atoms. The molecule has 0 saturated heterocycles. The summed E-state index contributed by atoms with van der Waals surface area (Å²) in [5.41, 5.74) is 6.35. The molecule has 0 atom stereocenters. The number of hydrogen-bond donors (Lipinski definition) is 1. The first kappa shape index (κ1) is 13.9. The summed E-state index contributed by atoms with van der Waals surface area (Å²) < 4.78 is 6.66. The Bertz CT molecular complexity index is 402. The molecule has 0 amide bonds. The number of carbonyl (C=O) groups is 1. The standard InChI is InChI=1S/C11H19N3O2S/c1-5-16-11(15)8-9(12)14(7(3)4)13-10(8)17-6-2/h7H,5-6,12H2,1-4H3. The Morgan fingerprint density at radius 3 is 2.65 bits per heavy atom. The number of hydrogen-bond acceptors (Lipinski definition) is 5. The largest absolute Gasteiger partial charge is 0.462 e. The summed E-state index contributed by atoms with van der Waals surface area (Å²) in [7, 11) is 0. The van der Waals surface area contributed by atoms with Crippen LogP contribution in [0.1, 0.15) is 44.1 Å². The molecule has 1 aromatic heterocycles. The van der Waals surface area contributed by atoms with Crippen LogP contribution >= 0.6 is 11.8 Å². The van der Waals surface area contributed by atoms with Crippen LogP contribution in [0.3, 0.4) is 0 Å². The first-order valence-electron chi connectivity index (χ1n) is 5.70. The molecule has 17 heavy (non-hydrogen) atoms. The van der Waals surface area contributed by atoms with Gasteiger partial charge in [-0.2, -0.15) is 5.10 Å². The van der Waals surface area contributed by atoms with Crippen molar-refractivity contribution in [1.82, 2.24) is 9.78 Å². The number of nitrogens with zero attached hydrogens (tertiary/aromatic N) is 2. The molecule has 0 unspecified atom stereocenters. The highest BCUT2D eigenvalue weighted by Gasteiger charge is 2.24. The van der Waals surface area contributed by atoms with Crippen molar-refractivity contribution in [3.8, 4) is 0 Å². The molecule has 0 bridgehead atoms. The first-order valence-corrected chi connectivity index (χ1v) is 6.69. The molecular weight excluding hydrogens is 238 g/mol. The van der Waals surface area contributed by atoms with Crippen molar-refractivity contribution >= 4 is 23.5 Å². The van der Waals surface area contributed by atoms with Crippen molar-refractivity contribution in [2.75, 3.05) is 18.1 Å². The number of thioether (sulfide) groups is 1. The van der Waals surface area contributed by atoms with E-state index in [1.165, 1.54) is 11.8 Å². The van der Waals surface area contributed by atoms with Gasteiger partial charge in [-0.05, 0) is 26.5 Å². The van der Waals surface area contributed by atoms with E-state index in [2.05, 4.69) is 5.10 Å². The second kappa shape index (κ2) is 5.95. The number of esters is 1. The molecule has 96 valence electrons. The number of ether oxygens (including phenoxy) is 1. The molecule has 1 heterocycles. The van der Waals surface area contributed by atoms with Gasteiger partial charge in [0.05, 0.1) is 6.61 Å². The third-order valence-corrected chi connectivity index (χ3v) is 3.01. The molecule has 0 aliphatic heterocycles. The van der Waals surface area contributed by atoms with Crippen LogP contribution in [0.25, 0.3) is 0 Å². The van der Waals surface area contributed by atoms with Gasteiger partial charge in [0.15, 0.2) is 0 Å². The number of rotatable bonds is 5. The zero-order valence-electron chi connectivity index (χ0n) is 10.7. The highest BCUT2D eigenvalue weighted by Crippen LogP contribution is 2.29. The van der Waals surface area contributed by atoms with Crippen LogP contribution in [0.15, 0.2) is 5.03 Å². The minimum atomic E-state index is -0.396. The second-order valence-corrected chi connectivity index (χ2v) is 5.01. The number of nitrogen functional groups attached to an aromatic ring is 1. The lowest BCUT2D eigenvalue weighted by Crippen LogP contribution is -2.11. The summed E-state index contributed by atoms with van der Waals surface area (Å²) in [6.45, 7) is 8.05. The third kappa shape index (κ3) is 2.94. The second-order valence-electron chi connectivity index (χ2n) is 3.76. The molecule has 1 aromatic rings. The van der Waals surface area contributed by atoms with E-state index in [-0.39, 0.29) is 6.04 Å². The fourth-order valence-corrected chi connectivity index (χ4v) is 2.20. The van der Waals surface area contributed by atoms with Crippen molar-refractivity contribution in [3.05, 3.63) is 5.56 Å². The average Bonchev–Trinajstić information content (AvgIpc) is 2.56. The van der Waals surface area contributed by atoms with Crippen LogP contribution in [0.2, 0.25) is 0 Å². The molecule has 6 heteroatoms. The molecule has 0 saturated carbocycles. The van der Waals surface area contributed by atoms with Crippen molar-refractivity contribution in [1.29, 1.82) is 0 Å². The summed E-state index contributed by atoms with van der Waals surface area (Å²) in [4.78, 5) is 11.8. The molecular formula is C11H19N3O2S. The predicted octanol–water partition coefficient (Wildman–Crippen LogP) is 2.33. The number of carbonyl (C=O) groups excluding carboxylic acids is 1. The lowest BCUT2D eigenvalue weighted by molar-refractivity contribution is 0.0523. The van der Waals surface area contributed by atoms with Gasteiger partial charge in [0.25, 0.3) is 0 Å². The predicted molar refractivity (Wildman–Crippen MR) is 69.4 cm³/mol. The fraction of sp³-hybridized carbons (Fsp3) is 0.636. The Hall–Kier alpha value is -1.17. The van der Waals surface area contributed by atoms with Crippen LogP contribution in [0.4, 0.5) is 5.82 Å². The molecule has 2 N–H and O–H groups in total. The van der Waals surface area contributed by atoms with Crippen LogP contribution in [-0.2, 0) is 4.74 Å². The summed E-state index contributed by atoms with van der Waals surface area (Å²) in [5.74, 6) is 0.822. The Morgan fingerprint density at radius 2 is 2.18 bits per heavy atom.